The van der Waals surface area contributed by atoms with Gasteiger partial charge < -0.3 is 14.7 Å². The molecule has 2 aromatic rings. The first-order chi connectivity index (χ1) is 13.1. The number of fused-ring (bicyclic) bond motifs is 1. The second-order valence-electron chi connectivity index (χ2n) is 8.36. The van der Waals surface area contributed by atoms with Gasteiger partial charge in [-0.05, 0) is 48.7 Å². The van der Waals surface area contributed by atoms with Gasteiger partial charge in [0.1, 0.15) is 5.75 Å². The van der Waals surface area contributed by atoms with E-state index < -0.39 is 5.60 Å². The number of rotatable bonds is 5. The van der Waals surface area contributed by atoms with Crippen LogP contribution in [0.1, 0.15) is 54.7 Å². The molecule has 1 fully saturated rings. The van der Waals surface area contributed by atoms with Crippen molar-refractivity contribution in [2.75, 3.05) is 20.2 Å². The molecule has 27 heavy (non-hydrogen) atoms. The summed E-state index contributed by atoms with van der Waals surface area (Å²) in [4.78, 5) is 2.34. The van der Waals surface area contributed by atoms with Gasteiger partial charge in [0, 0.05) is 25.4 Å². The molecule has 2 aliphatic rings. The van der Waals surface area contributed by atoms with Gasteiger partial charge in [-0.2, -0.15) is 0 Å². The number of aliphatic hydroxyl groups is 1. The molecule has 1 aliphatic carbocycles. The quantitative estimate of drug-likeness (QED) is 0.845. The maximum atomic E-state index is 11.3. The van der Waals surface area contributed by atoms with Crippen LogP contribution < -0.4 is 4.74 Å². The van der Waals surface area contributed by atoms with Crippen LogP contribution in [0, 0.1) is 0 Å². The zero-order valence-electron chi connectivity index (χ0n) is 16.4. The van der Waals surface area contributed by atoms with Crippen LogP contribution in [0.25, 0.3) is 0 Å². The molecule has 4 rings (SSSR count). The maximum Gasteiger partial charge on any atom is 0.119 e. The summed E-state index contributed by atoms with van der Waals surface area (Å²) >= 11 is 0. The van der Waals surface area contributed by atoms with Crippen LogP contribution in [0.5, 0.6) is 5.75 Å². The minimum absolute atomic E-state index is 0.213. The molecule has 0 radical (unpaired) electrons. The fourth-order valence-electron chi connectivity index (χ4n) is 4.82. The molecule has 1 aliphatic heterocycles. The van der Waals surface area contributed by atoms with Crippen molar-refractivity contribution in [1.29, 1.82) is 0 Å². The van der Waals surface area contributed by atoms with E-state index in [9.17, 15) is 5.11 Å². The highest BCUT2D eigenvalue weighted by molar-refractivity contribution is 5.41. The van der Waals surface area contributed by atoms with Crippen LogP contribution in [0.4, 0.5) is 0 Å². The molecule has 0 spiro atoms. The largest absolute Gasteiger partial charge is 0.493 e. The molecule has 144 valence electrons. The summed E-state index contributed by atoms with van der Waals surface area (Å²) in [7, 11) is 2.16. The van der Waals surface area contributed by atoms with Crippen LogP contribution in [0.15, 0.2) is 48.5 Å². The molecule has 1 atom stereocenters. The van der Waals surface area contributed by atoms with E-state index in [0.717, 1.165) is 50.9 Å². The molecule has 1 saturated carbocycles. The molecule has 0 bridgehead atoms. The third kappa shape index (κ3) is 4.20. The molecule has 0 amide bonds. The van der Waals surface area contributed by atoms with Crippen LogP contribution in [-0.2, 0) is 13.0 Å². The van der Waals surface area contributed by atoms with E-state index in [2.05, 4.69) is 54.4 Å². The van der Waals surface area contributed by atoms with E-state index in [1.165, 1.54) is 23.1 Å². The zero-order valence-corrected chi connectivity index (χ0v) is 16.4. The lowest BCUT2D eigenvalue weighted by atomic mass is 9.70. The van der Waals surface area contributed by atoms with Crippen molar-refractivity contribution >= 4 is 0 Å². The van der Waals surface area contributed by atoms with Crippen LogP contribution in [0.2, 0.25) is 0 Å². The van der Waals surface area contributed by atoms with Gasteiger partial charge in [-0.15, -0.1) is 0 Å². The summed E-state index contributed by atoms with van der Waals surface area (Å²) in [5.74, 6) is 1.15. The number of ether oxygens (including phenoxy) is 1. The van der Waals surface area contributed by atoms with Gasteiger partial charge in [0.2, 0.25) is 0 Å². The molecule has 1 N–H and O–H groups in total. The summed E-state index contributed by atoms with van der Waals surface area (Å²) in [5, 5.41) is 11.3. The summed E-state index contributed by atoms with van der Waals surface area (Å²) in [6, 6.07) is 16.9. The molecule has 0 aromatic heterocycles. The van der Waals surface area contributed by atoms with E-state index in [0.29, 0.717) is 6.61 Å². The predicted molar refractivity (Wildman–Crippen MR) is 109 cm³/mol. The highest BCUT2D eigenvalue weighted by atomic mass is 16.5. The third-order valence-corrected chi connectivity index (χ3v) is 6.29. The lowest BCUT2D eigenvalue weighted by Gasteiger charge is -2.44. The minimum Gasteiger partial charge on any atom is -0.493 e. The van der Waals surface area contributed by atoms with Crippen molar-refractivity contribution in [1.82, 2.24) is 4.90 Å². The molecule has 1 heterocycles. The first kappa shape index (κ1) is 18.5. The molecule has 0 saturated heterocycles. The number of nitrogens with zero attached hydrogens (tertiary/aromatic N) is 1. The fraction of sp³-hybridized carbons (Fsp3) is 0.500. The monoisotopic (exact) mass is 365 g/mol. The Labute approximate surface area is 163 Å². The Hall–Kier alpha value is -1.84. The lowest BCUT2D eigenvalue weighted by molar-refractivity contribution is -0.0333. The van der Waals surface area contributed by atoms with Crippen molar-refractivity contribution < 1.29 is 9.84 Å². The smallest absolute Gasteiger partial charge is 0.119 e. The third-order valence-electron chi connectivity index (χ3n) is 6.29. The van der Waals surface area contributed by atoms with Crippen molar-refractivity contribution in [3.63, 3.8) is 0 Å². The van der Waals surface area contributed by atoms with Gasteiger partial charge in [-0.25, -0.2) is 0 Å². The Bertz CT molecular complexity index is 752. The number of likely N-dealkylation sites (N-methyl/N-ethyl adjacent to an activating group) is 1. The van der Waals surface area contributed by atoms with Crippen molar-refractivity contribution in [2.45, 2.75) is 56.6 Å². The second-order valence-corrected chi connectivity index (χ2v) is 8.36. The Morgan fingerprint density at radius 2 is 1.85 bits per heavy atom. The summed E-state index contributed by atoms with van der Waals surface area (Å²) < 4.78 is 6.04. The minimum atomic E-state index is -0.544. The van der Waals surface area contributed by atoms with Crippen LogP contribution in [0.3, 0.4) is 0 Å². The maximum absolute atomic E-state index is 11.3. The molecule has 3 nitrogen and oxygen atoms in total. The van der Waals surface area contributed by atoms with Crippen molar-refractivity contribution in [2.24, 2.45) is 0 Å². The second kappa shape index (κ2) is 8.04. The average molecular weight is 366 g/mol. The Balaban J connectivity index is 1.48. The summed E-state index contributed by atoms with van der Waals surface area (Å²) in [6.45, 7) is 2.56. The van der Waals surface area contributed by atoms with Crippen LogP contribution in [-0.4, -0.2) is 35.8 Å². The van der Waals surface area contributed by atoms with Gasteiger partial charge in [0.05, 0.1) is 12.2 Å². The van der Waals surface area contributed by atoms with E-state index in [1.807, 2.05) is 6.07 Å². The zero-order chi connectivity index (χ0) is 18.7. The van der Waals surface area contributed by atoms with E-state index >= 15 is 0 Å². The normalized spacial score (nSPS) is 22.2. The van der Waals surface area contributed by atoms with Gasteiger partial charge in [-0.3, -0.25) is 0 Å². The number of hydrogen-bond acceptors (Lipinski definition) is 3. The van der Waals surface area contributed by atoms with Gasteiger partial charge in [0.15, 0.2) is 0 Å². The van der Waals surface area contributed by atoms with E-state index in [-0.39, 0.29) is 5.92 Å². The SMILES string of the molecule is CN1Cc2cc(OCCc3ccccc3)ccc2C(C2(O)CCCCC2)C1. The summed E-state index contributed by atoms with van der Waals surface area (Å²) in [6.07, 6.45) is 6.33. The van der Waals surface area contributed by atoms with Crippen LogP contribution >= 0.6 is 0 Å². The highest BCUT2D eigenvalue weighted by Crippen LogP contribution is 2.44. The molecule has 3 heteroatoms. The topological polar surface area (TPSA) is 32.7 Å². The number of benzene rings is 2. The predicted octanol–water partition coefficient (Wildman–Crippen LogP) is 4.53. The standard InChI is InChI=1S/C24H31NO2/c1-25-17-20-16-21(27-15-12-19-8-4-2-5-9-19)10-11-22(20)23(18-25)24(26)13-6-3-7-14-24/h2,4-5,8-11,16,23,26H,3,6-7,12-15,17-18H2,1H3. The van der Waals surface area contributed by atoms with Gasteiger partial charge >= 0.3 is 0 Å². The molecule has 1 unspecified atom stereocenters. The fourth-order valence-corrected chi connectivity index (χ4v) is 4.82. The molecular weight excluding hydrogens is 334 g/mol. The first-order valence-electron chi connectivity index (χ1n) is 10.3. The number of hydrogen-bond donors (Lipinski definition) is 1. The van der Waals surface area contributed by atoms with Crippen molar-refractivity contribution in [3.8, 4) is 5.75 Å². The lowest BCUT2D eigenvalue weighted by Crippen LogP contribution is -2.46. The first-order valence-corrected chi connectivity index (χ1v) is 10.3. The Morgan fingerprint density at radius 1 is 1.07 bits per heavy atom. The molecule has 2 aromatic carbocycles. The highest BCUT2D eigenvalue weighted by Gasteiger charge is 2.41. The average Bonchev–Trinajstić information content (AvgIpc) is 2.68. The Morgan fingerprint density at radius 3 is 2.63 bits per heavy atom. The van der Waals surface area contributed by atoms with Gasteiger partial charge in [0.25, 0.3) is 0 Å². The summed E-state index contributed by atoms with van der Waals surface area (Å²) in [5.41, 5.74) is 3.39. The van der Waals surface area contributed by atoms with E-state index in [1.54, 1.807) is 0 Å². The van der Waals surface area contributed by atoms with Crippen molar-refractivity contribution in [3.05, 3.63) is 65.2 Å². The Kier molecular flexibility index (Phi) is 5.51. The molecular formula is C24H31NO2. The van der Waals surface area contributed by atoms with E-state index in [4.69, 9.17) is 4.74 Å². The van der Waals surface area contributed by atoms with Gasteiger partial charge in [-0.1, -0.05) is 55.7 Å².